The van der Waals surface area contributed by atoms with Gasteiger partial charge in [-0.1, -0.05) is 20.3 Å². The van der Waals surface area contributed by atoms with Gasteiger partial charge in [-0.3, -0.25) is 28.8 Å². The summed E-state index contributed by atoms with van der Waals surface area (Å²) in [6.45, 7) is 3.28. The number of hydrogen-bond donors (Lipinski definition) is 8. The maximum absolute atomic E-state index is 12.7. The van der Waals surface area contributed by atoms with E-state index in [1.807, 2.05) is 0 Å². The molecule has 15 heteroatoms. The van der Waals surface area contributed by atoms with Crippen molar-refractivity contribution in [3.63, 3.8) is 0 Å². The van der Waals surface area contributed by atoms with Crippen LogP contribution in [-0.4, -0.2) is 75.9 Å². The van der Waals surface area contributed by atoms with Gasteiger partial charge in [-0.05, 0) is 12.3 Å². The van der Waals surface area contributed by atoms with Crippen LogP contribution < -0.4 is 33.2 Å². The molecule has 0 fully saturated rings. The Morgan fingerprint density at radius 3 is 1.74 bits per heavy atom. The number of nitrogens with two attached hydrogens (primary N) is 3. The smallest absolute Gasteiger partial charge is 0.326 e. The summed E-state index contributed by atoms with van der Waals surface area (Å²) in [5.41, 5.74) is 15.6. The van der Waals surface area contributed by atoms with E-state index in [9.17, 15) is 38.7 Å². The molecule has 0 radical (unpaired) electrons. The van der Waals surface area contributed by atoms with Crippen LogP contribution in [0.4, 0.5) is 0 Å². The Kier molecular flexibility index (Phi) is 12.8. The van der Waals surface area contributed by atoms with Crippen LogP contribution in [0.2, 0.25) is 0 Å². The summed E-state index contributed by atoms with van der Waals surface area (Å²) in [4.78, 5) is 82.3. The molecule has 0 spiro atoms. The summed E-state index contributed by atoms with van der Waals surface area (Å²) in [5.74, 6) is -8.05. The number of carboxylic acid groups (broad SMARTS) is 2. The summed E-state index contributed by atoms with van der Waals surface area (Å²) in [7, 11) is 0. The minimum absolute atomic E-state index is 0.402. The lowest BCUT2D eigenvalue weighted by Gasteiger charge is -2.26. The minimum Gasteiger partial charge on any atom is -0.481 e. The van der Waals surface area contributed by atoms with Crippen molar-refractivity contribution in [2.24, 2.45) is 23.1 Å². The first-order chi connectivity index (χ1) is 15.7. The van der Waals surface area contributed by atoms with Gasteiger partial charge in [-0.25, -0.2) is 4.79 Å². The summed E-state index contributed by atoms with van der Waals surface area (Å²) < 4.78 is 0. The Balaban J connectivity index is 5.64. The lowest BCUT2D eigenvalue weighted by atomic mass is 9.98. The molecular weight excluding hydrogens is 456 g/mol. The number of rotatable bonds is 16. The van der Waals surface area contributed by atoms with Gasteiger partial charge in [0.1, 0.15) is 18.1 Å². The van der Waals surface area contributed by atoms with Crippen LogP contribution in [0.1, 0.15) is 46.0 Å². The van der Waals surface area contributed by atoms with E-state index < -0.39 is 97.2 Å². The molecular formula is C19H32N6O9. The fourth-order valence-corrected chi connectivity index (χ4v) is 2.74. The highest BCUT2D eigenvalue weighted by atomic mass is 16.4. The molecule has 0 bridgehead atoms. The first kappa shape index (κ1) is 30.2. The maximum atomic E-state index is 12.7. The highest BCUT2D eigenvalue weighted by molar-refractivity contribution is 5.96. The lowest BCUT2D eigenvalue weighted by Crippen LogP contribution is -2.58. The predicted molar refractivity (Wildman–Crippen MR) is 115 cm³/mol. The van der Waals surface area contributed by atoms with Gasteiger partial charge in [0.15, 0.2) is 0 Å². The van der Waals surface area contributed by atoms with Gasteiger partial charge in [0.2, 0.25) is 29.5 Å². The number of nitrogens with one attached hydrogen (secondary N) is 3. The zero-order chi connectivity index (χ0) is 26.6. The van der Waals surface area contributed by atoms with Crippen LogP contribution in [0, 0.1) is 5.92 Å². The molecule has 0 aliphatic heterocycles. The molecule has 0 aliphatic carbocycles. The van der Waals surface area contributed by atoms with Gasteiger partial charge >= 0.3 is 11.9 Å². The molecule has 192 valence electrons. The molecule has 0 aliphatic rings. The van der Waals surface area contributed by atoms with Crippen molar-refractivity contribution < 1.29 is 43.8 Å². The van der Waals surface area contributed by atoms with E-state index in [0.717, 1.165) is 0 Å². The van der Waals surface area contributed by atoms with Crippen LogP contribution in [0.3, 0.4) is 0 Å². The quantitative estimate of drug-likeness (QED) is 0.106. The number of hydrogen-bond acceptors (Lipinski definition) is 8. The minimum atomic E-state index is -1.61. The van der Waals surface area contributed by atoms with Crippen molar-refractivity contribution in [1.29, 1.82) is 0 Å². The number of carbonyl (C=O) groups is 7. The number of aliphatic carboxylic acids is 2. The molecule has 5 amide bonds. The number of carbonyl (C=O) groups excluding carboxylic acids is 5. The number of primary amides is 2. The Labute approximate surface area is 195 Å². The van der Waals surface area contributed by atoms with E-state index in [0.29, 0.717) is 6.42 Å². The molecule has 0 aromatic heterocycles. The van der Waals surface area contributed by atoms with Crippen molar-refractivity contribution in [1.82, 2.24) is 16.0 Å². The summed E-state index contributed by atoms with van der Waals surface area (Å²) in [6, 6.07) is -5.87. The van der Waals surface area contributed by atoms with Crippen LogP contribution in [0.15, 0.2) is 0 Å². The van der Waals surface area contributed by atoms with Crippen LogP contribution in [0.5, 0.6) is 0 Å². The molecule has 0 saturated carbocycles. The van der Waals surface area contributed by atoms with E-state index >= 15 is 0 Å². The highest BCUT2D eigenvalue weighted by Gasteiger charge is 2.33. The maximum Gasteiger partial charge on any atom is 0.326 e. The van der Waals surface area contributed by atoms with Gasteiger partial charge in [0, 0.05) is 6.42 Å². The molecule has 5 atom stereocenters. The molecule has 0 rings (SSSR count). The third-order valence-electron chi connectivity index (χ3n) is 4.85. The normalized spacial score (nSPS) is 15.0. The Bertz CT molecular complexity index is 803. The number of carboxylic acids is 2. The molecule has 0 aromatic carbocycles. The predicted octanol–water partition coefficient (Wildman–Crippen LogP) is -3.49. The highest BCUT2D eigenvalue weighted by Crippen LogP contribution is 2.09. The van der Waals surface area contributed by atoms with Gasteiger partial charge in [0.25, 0.3) is 0 Å². The molecule has 0 heterocycles. The van der Waals surface area contributed by atoms with Crippen molar-refractivity contribution in [2.45, 2.75) is 70.1 Å². The second kappa shape index (κ2) is 14.4. The Morgan fingerprint density at radius 1 is 0.794 bits per heavy atom. The van der Waals surface area contributed by atoms with Gasteiger partial charge < -0.3 is 43.4 Å². The monoisotopic (exact) mass is 488 g/mol. The van der Waals surface area contributed by atoms with E-state index in [1.54, 1.807) is 13.8 Å². The molecule has 11 N–H and O–H groups in total. The largest absolute Gasteiger partial charge is 0.481 e. The van der Waals surface area contributed by atoms with E-state index in [4.69, 9.17) is 22.3 Å². The van der Waals surface area contributed by atoms with Crippen LogP contribution in [0.25, 0.3) is 0 Å². The van der Waals surface area contributed by atoms with E-state index in [-0.39, 0.29) is 0 Å². The summed E-state index contributed by atoms with van der Waals surface area (Å²) >= 11 is 0. The topological polar surface area (TPSA) is 274 Å². The van der Waals surface area contributed by atoms with E-state index in [2.05, 4.69) is 16.0 Å². The standard InChI is InChI=1S/C19H32N6O9/c1-3-8(2)15(19(33)34)25-18(32)11(7-13(22)27)24-17(31)10(4-5-14(28)29)23-16(30)9(20)6-12(21)26/h8-11,15H,3-7,20H2,1-2H3,(H2,21,26)(H2,22,27)(H,23,30)(H,24,31)(H,25,32)(H,28,29)(H,33,34)/t8-,9-,10-,11-,15-/m0/s1. The molecule has 0 aromatic rings. The van der Waals surface area contributed by atoms with Gasteiger partial charge in [0.05, 0.1) is 18.9 Å². The Hall–Kier alpha value is -3.75. The fraction of sp³-hybridized carbons (Fsp3) is 0.632. The first-order valence-corrected chi connectivity index (χ1v) is 10.4. The zero-order valence-electron chi connectivity index (χ0n) is 18.9. The average Bonchev–Trinajstić information content (AvgIpc) is 2.72. The average molecular weight is 488 g/mol. The zero-order valence-corrected chi connectivity index (χ0v) is 18.9. The lowest BCUT2D eigenvalue weighted by molar-refractivity contribution is -0.144. The van der Waals surface area contributed by atoms with Crippen molar-refractivity contribution in [3.8, 4) is 0 Å². The summed E-state index contributed by atoms with van der Waals surface area (Å²) in [5, 5.41) is 24.8. The third-order valence-corrected chi connectivity index (χ3v) is 4.85. The van der Waals surface area contributed by atoms with Crippen molar-refractivity contribution in [3.05, 3.63) is 0 Å². The summed E-state index contributed by atoms with van der Waals surface area (Å²) in [6.07, 6.45) is -1.83. The van der Waals surface area contributed by atoms with Gasteiger partial charge in [-0.15, -0.1) is 0 Å². The molecule has 0 unspecified atom stereocenters. The van der Waals surface area contributed by atoms with Crippen molar-refractivity contribution >= 4 is 41.5 Å². The Morgan fingerprint density at radius 2 is 1.29 bits per heavy atom. The van der Waals surface area contributed by atoms with Crippen LogP contribution >= 0.6 is 0 Å². The first-order valence-electron chi connectivity index (χ1n) is 10.4. The molecule has 34 heavy (non-hydrogen) atoms. The third kappa shape index (κ3) is 11.2. The van der Waals surface area contributed by atoms with Gasteiger partial charge in [-0.2, -0.15) is 0 Å². The van der Waals surface area contributed by atoms with E-state index in [1.165, 1.54) is 0 Å². The fourth-order valence-electron chi connectivity index (χ4n) is 2.74. The second-order valence-electron chi connectivity index (χ2n) is 7.71. The van der Waals surface area contributed by atoms with Crippen LogP contribution in [-0.2, 0) is 33.6 Å². The second-order valence-corrected chi connectivity index (χ2v) is 7.71. The van der Waals surface area contributed by atoms with Crippen molar-refractivity contribution in [2.75, 3.05) is 0 Å². The number of amides is 5. The molecule has 15 nitrogen and oxygen atoms in total. The SMILES string of the molecule is CC[C@H](C)[C@H](NC(=O)[C@H](CC(N)=O)NC(=O)[C@H](CCC(=O)O)NC(=O)[C@@H](N)CC(N)=O)C(=O)O. The molecule has 0 saturated heterocycles.